The minimum Gasteiger partial charge on any atom is -0.497 e. The molecule has 1 aromatic heterocycles. The van der Waals surface area contributed by atoms with Gasteiger partial charge in [-0.25, -0.2) is 4.98 Å². The van der Waals surface area contributed by atoms with Gasteiger partial charge in [-0.15, -0.1) is 0 Å². The molecule has 0 fully saturated rings. The average molecular weight is 378 g/mol. The van der Waals surface area contributed by atoms with Gasteiger partial charge >= 0.3 is 0 Å². The van der Waals surface area contributed by atoms with Crippen LogP contribution in [0.25, 0.3) is 0 Å². The molecule has 0 aliphatic carbocycles. The predicted molar refractivity (Wildman–Crippen MR) is 112 cm³/mol. The lowest BCUT2D eigenvalue weighted by atomic mass is 10.1. The van der Waals surface area contributed by atoms with Gasteiger partial charge < -0.3 is 20.1 Å². The number of anilines is 2. The second-order valence-electron chi connectivity index (χ2n) is 6.32. The van der Waals surface area contributed by atoms with Gasteiger partial charge in [0, 0.05) is 19.3 Å². The Balaban J connectivity index is 1.45. The fraction of sp³-hybridized carbons (Fsp3) is 0.273. The van der Waals surface area contributed by atoms with Crippen molar-refractivity contribution in [3.8, 4) is 11.5 Å². The summed E-state index contributed by atoms with van der Waals surface area (Å²) in [6.45, 7) is 1.55. The van der Waals surface area contributed by atoms with Crippen LogP contribution in [0, 0.1) is 0 Å². The summed E-state index contributed by atoms with van der Waals surface area (Å²) < 4.78 is 10.4. The number of hydrogen-bond acceptors (Lipinski definition) is 6. The van der Waals surface area contributed by atoms with Crippen molar-refractivity contribution in [3.63, 3.8) is 0 Å². The first-order valence-electron chi connectivity index (χ1n) is 9.33. The first-order chi connectivity index (χ1) is 13.8. The summed E-state index contributed by atoms with van der Waals surface area (Å²) in [5.74, 6) is 3.18. The molecule has 3 aromatic rings. The molecule has 0 aliphatic rings. The Labute approximate surface area is 166 Å². The summed E-state index contributed by atoms with van der Waals surface area (Å²) in [4.78, 5) is 8.81. The largest absolute Gasteiger partial charge is 0.497 e. The second-order valence-corrected chi connectivity index (χ2v) is 6.32. The maximum Gasteiger partial charge on any atom is 0.224 e. The maximum absolute atomic E-state index is 5.26. The van der Waals surface area contributed by atoms with Gasteiger partial charge in [-0.05, 0) is 54.3 Å². The second kappa shape index (κ2) is 10.2. The van der Waals surface area contributed by atoms with Crippen LogP contribution < -0.4 is 20.1 Å². The molecule has 3 rings (SSSR count). The van der Waals surface area contributed by atoms with Crippen molar-refractivity contribution in [2.24, 2.45) is 0 Å². The van der Waals surface area contributed by atoms with Crippen molar-refractivity contribution in [2.45, 2.75) is 12.8 Å². The lowest BCUT2D eigenvalue weighted by Crippen LogP contribution is -2.11. The molecule has 146 valence electrons. The van der Waals surface area contributed by atoms with E-state index in [0.29, 0.717) is 5.95 Å². The highest BCUT2D eigenvalue weighted by Crippen LogP contribution is 2.14. The van der Waals surface area contributed by atoms with Crippen LogP contribution in [0.3, 0.4) is 0 Å². The van der Waals surface area contributed by atoms with Crippen LogP contribution in [0.4, 0.5) is 11.8 Å². The van der Waals surface area contributed by atoms with Gasteiger partial charge in [0.15, 0.2) is 0 Å². The van der Waals surface area contributed by atoms with E-state index in [1.54, 1.807) is 20.4 Å². The Hall–Kier alpha value is -3.28. The fourth-order valence-electron chi connectivity index (χ4n) is 2.82. The number of benzene rings is 2. The van der Waals surface area contributed by atoms with Crippen LogP contribution in [-0.4, -0.2) is 37.3 Å². The van der Waals surface area contributed by atoms with E-state index in [4.69, 9.17) is 9.47 Å². The zero-order chi connectivity index (χ0) is 19.6. The molecule has 0 aliphatic heterocycles. The standard InChI is InChI=1S/C22H26N4O2/c1-27-19-8-6-17(7-9-19)10-13-23-21-12-15-25-22(26-21)24-14-11-18-4-3-5-20(16-18)28-2/h3-9,12,15-16H,10-11,13-14H2,1-2H3,(H2,23,24,25,26). The summed E-state index contributed by atoms with van der Waals surface area (Å²) in [5, 5.41) is 6.62. The number of nitrogens with one attached hydrogen (secondary N) is 2. The highest BCUT2D eigenvalue weighted by Gasteiger charge is 2.01. The van der Waals surface area contributed by atoms with Crippen molar-refractivity contribution in [2.75, 3.05) is 37.9 Å². The minimum absolute atomic E-state index is 0.623. The SMILES string of the molecule is COc1ccc(CCNc2ccnc(NCCc3cccc(OC)c3)n2)cc1. The molecule has 0 bridgehead atoms. The van der Waals surface area contributed by atoms with Crippen LogP contribution in [0.2, 0.25) is 0 Å². The first-order valence-corrected chi connectivity index (χ1v) is 9.33. The van der Waals surface area contributed by atoms with E-state index in [9.17, 15) is 0 Å². The number of hydrogen-bond donors (Lipinski definition) is 2. The number of ether oxygens (including phenoxy) is 2. The first kappa shape index (κ1) is 19.5. The highest BCUT2D eigenvalue weighted by molar-refractivity contribution is 5.40. The number of nitrogens with zero attached hydrogens (tertiary/aromatic N) is 2. The van der Waals surface area contributed by atoms with Crippen molar-refractivity contribution >= 4 is 11.8 Å². The molecule has 2 aromatic carbocycles. The summed E-state index contributed by atoms with van der Waals surface area (Å²) in [7, 11) is 3.35. The highest BCUT2D eigenvalue weighted by atomic mass is 16.5. The molecule has 28 heavy (non-hydrogen) atoms. The lowest BCUT2D eigenvalue weighted by molar-refractivity contribution is 0.414. The third-order valence-electron chi connectivity index (χ3n) is 4.37. The number of methoxy groups -OCH3 is 2. The van der Waals surface area contributed by atoms with Gasteiger partial charge in [-0.1, -0.05) is 24.3 Å². The lowest BCUT2D eigenvalue weighted by Gasteiger charge is -2.09. The van der Waals surface area contributed by atoms with E-state index < -0.39 is 0 Å². The van der Waals surface area contributed by atoms with Gasteiger partial charge in [-0.3, -0.25) is 0 Å². The third kappa shape index (κ3) is 5.87. The van der Waals surface area contributed by atoms with Crippen LogP contribution in [0.1, 0.15) is 11.1 Å². The van der Waals surface area contributed by atoms with Crippen LogP contribution >= 0.6 is 0 Å². The van der Waals surface area contributed by atoms with E-state index in [-0.39, 0.29) is 0 Å². The van der Waals surface area contributed by atoms with Crippen LogP contribution in [0.15, 0.2) is 60.8 Å². The molecule has 0 saturated carbocycles. The smallest absolute Gasteiger partial charge is 0.224 e. The molecular formula is C22H26N4O2. The Morgan fingerprint density at radius 1 is 0.786 bits per heavy atom. The quantitative estimate of drug-likeness (QED) is 0.559. The number of aromatic nitrogens is 2. The van der Waals surface area contributed by atoms with Crippen LogP contribution in [-0.2, 0) is 12.8 Å². The van der Waals surface area contributed by atoms with E-state index in [2.05, 4.69) is 38.8 Å². The molecule has 0 radical (unpaired) electrons. The minimum atomic E-state index is 0.623. The molecule has 1 heterocycles. The van der Waals surface area contributed by atoms with Gasteiger partial charge in [0.05, 0.1) is 14.2 Å². The summed E-state index contributed by atoms with van der Waals surface area (Å²) in [6, 6.07) is 18.1. The molecular weight excluding hydrogens is 352 g/mol. The van der Waals surface area contributed by atoms with Gasteiger partial charge in [0.1, 0.15) is 17.3 Å². The molecule has 0 spiro atoms. The van der Waals surface area contributed by atoms with Gasteiger partial charge in [0.2, 0.25) is 5.95 Å². The molecule has 0 atom stereocenters. The summed E-state index contributed by atoms with van der Waals surface area (Å²) in [6.07, 6.45) is 3.54. The van der Waals surface area contributed by atoms with Crippen molar-refractivity contribution in [1.29, 1.82) is 0 Å². The van der Waals surface area contributed by atoms with Crippen molar-refractivity contribution < 1.29 is 9.47 Å². The zero-order valence-electron chi connectivity index (χ0n) is 16.3. The summed E-state index contributed by atoms with van der Waals surface area (Å²) >= 11 is 0. The summed E-state index contributed by atoms with van der Waals surface area (Å²) in [5.41, 5.74) is 2.46. The Bertz CT molecular complexity index is 868. The monoisotopic (exact) mass is 378 g/mol. The molecule has 0 saturated heterocycles. The third-order valence-corrected chi connectivity index (χ3v) is 4.37. The molecule has 0 unspecified atom stereocenters. The molecule has 6 heteroatoms. The Kier molecular flexibility index (Phi) is 7.07. The van der Waals surface area contributed by atoms with E-state index in [1.807, 2.05) is 36.4 Å². The average Bonchev–Trinajstić information content (AvgIpc) is 2.75. The topological polar surface area (TPSA) is 68.3 Å². The fourth-order valence-corrected chi connectivity index (χ4v) is 2.82. The zero-order valence-corrected chi connectivity index (χ0v) is 16.3. The maximum atomic E-state index is 5.26. The predicted octanol–water partition coefficient (Wildman–Crippen LogP) is 3.80. The normalized spacial score (nSPS) is 10.4. The van der Waals surface area contributed by atoms with Crippen molar-refractivity contribution in [1.82, 2.24) is 9.97 Å². The Morgan fingerprint density at radius 3 is 2.32 bits per heavy atom. The molecule has 2 N–H and O–H groups in total. The molecule has 0 amide bonds. The Morgan fingerprint density at radius 2 is 1.54 bits per heavy atom. The van der Waals surface area contributed by atoms with Crippen molar-refractivity contribution in [3.05, 3.63) is 71.9 Å². The van der Waals surface area contributed by atoms with Gasteiger partial charge in [-0.2, -0.15) is 4.98 Å². The molecule has 6 nitrogen and oxygen atoms in total. The van der Waals surface area contributed by atoms with Gasteiger partial charge in [0.25, 0.3) is 0 Å². The number of rotatable bonds is 10. The van der Waals surface area contributed by atoms with E-state index in [0.717, 1.165) is 43.2 Å². The van der Waals surface area contributed by atoms with E-state index in [1.165, 1.54) is 11.1 Å². The van der Waals surface area contributed by atoms with Crippen LogP contribution in [0.5, 0.6) is 11.5 Å². The van der Waals surface area contributed by atoms with E-state index >= 15 is 0 Å².